The summed E-state index contributed by atoms with van der Waals surface area (Å²) in [5.74, 6) is -6.04. The maximum atomic E-state index is 9.91. The van der Waals surface area contributed by atoms with Crippen molar-refractivity contribution in [3.05, 3.63) is 48.8 Å². The van der Waals surface area contributed by atoms with Crippen molar-refractivity contribution in [1.29, 1.82) is 5.26 Å². The molecule has 0 fully saturated rings. The second kappa shape index (κ2) is 39.9. The van der Waals surface area contributed by atoms with Crippen LogP contribution < -0.4 is 30.6 Å². The fourth-order valence-electron chi connectivity index (χ4n) is 1.03. The first kappa shape index (κ1) is 85.4. The van der Waals surface area contributed by atoms with Crippen LogP contribution in [0.4, 0.5) is 0 Å². The number of carboxylic acids is 6. The fraction of sp³-hybridized carbons (Fsp3) is 0.595. The van der Waals surface area contributed by atoms with E-state index in [1.165, 1.54) is 6.92 Å². The average Bonchev–Trinajstić information content (AvgIpc) is 3.01. The minimum atomic E-state index is -1.01. The van der Waals surface area contributed by atoms with Gasteiger partial charge in [-0.3, -0.25) is 9.97 Å². The Balaban J connectivity index is -0.0000000537. The molecule has 0 bridgehead atoms. The summed E-state index contributed by atoms with van der Waals surface area (Å²) in [6.07, 6.45) is 3.54. The van der Waals surface area contributed by atoms with Gasteiger partial charge in [0.2, 0.25) is 0 Å². The van der Waals surface area contributed by atoms with E-state index in [1.807, 2.05) is 36.4 Å². The molecule has 3 N–H and O–H groups in total. The number of rotatable bonds is 1. The molecule has 62 heavy (non-hydrogen) atoms. The summed E-state index contributed by atoms with van der Waals surface area (Å²) in [7, 11) is 0. The Hall–Kier alpha value is -3.94. The molecule has 2 rings (SSSR count). The van der Waals surface area contributed by atoms with Gasteiger partial charge in [-0.25, -0.2) is 0 Å². The van der Waals surface area contributed by atoms with Gasteiger partial charge >= 0.3 is 50.6 Å². The Morgan fingerprint density at radius 1 is 0.435 bits per heavy atom. The summed E-state index contributed by atoms with van der Waals surface area (Å²) in [5.41, 5.74) is -2.34. The summed E-state index contributed by atoms with van der Waals surface area (Å²) < 4.78 is 0. The molecule has 2 aromatic heterocycles. The van der Waals surface area contributed by atoms with Crippen LogP contribution in [0.2, 0.25) is 0 Å². The predicted molar refractivity (Wildman–Crippen MR) is 211 cm³/mol. The summed E-state index contributed by atoms with van der Waals surface area (Å²) in [6.45, 7) is 30.2. The third kappa shape index (κ3) is 62.7. The SMILES string of the molecule is CC#N.CC(C)(C)C(=O)[O-].CC(C)(C)C(=O)[O-].CC(C)(C)C(=O)[O-].CC(C)(C)C(=O)[O-].CC(C)(C)C(=O)[O-].CC(C)(C)C(=O)[O-].[Fe+3].[Fe+3].[Ni+2].[O-2].[OH3+].c1ccc(-c2ccccn2)nc1. The van der Waals surface area contributed by atoms with Crippen molar-refractivity contribution in [2.75, 3.05) is 0 Å². The molecule has 2 aromatic rings. The number of aliphatic carboxylic acids is 6. The molecule has 17 nitrogen and oxygen atoms in total. The van der Waals surface area contributed by atoms with Gasteiger partial charge in [-0.2, -0.15) is 5.26 Å². The van der Waals surface area contributed by atoms with Gasteiger partial charge in [-0.15, -0.1) is 0 Å². The normalized spacial score (nSPS) is 9.65. The zero-order valence-corrected chi connectivity index (χ0v) is 42.6. The zero-order valence-electron chi connectivity index (χ0n) is 39.4. The van der Waals surface area contributed by atoms with Gasteiger partial charge in [0, 0.05) is 87.6 Å². The zero-order chi connectivity index (χ0) is 47.4. The first-order valence-electron chi connectivity index (χ1n) is 17.5. The summed E-state index contributed by atoms with van der Waals surface area (Å²) in [4.78, 5) is 67.8. The van der Waals surface area contributed by atoms with Gasteiger partial charge < -0.3 is 70.4 Å². The molecular formula is C42H68Fe2N3NiO14+. The molecular weight excluding hydrogens is 941 g/mol. The third-order valence-electron chi connectivity index (χ3n) is 5.27. The van der Waals surface area contributed by atoms with Crippen molar-refractivity contribution in [1.82, 2.24) is 9.97 Å². The topological polar surface area (TPSA) is 352 Å². The number of hydrogen-bond acceptors (Lipinski definition) is 15. The average molecular weight is 1010 g/mol. The molecule has 2 heterocycles. The van der Waals surface area contributed by atoms with E-state index in [4.69, 9.17) is 5.26 Å². The third-order valence-corrected chi connectivity index (χ3v) is 5.27. The molecule has 0 aliphatic rings. The standard InChI is InChI=1S/C10H8N2.6C5H10O2.C2H3N.2Fe.Ni.H2O.O/c1-3-7-11-9(5-1)10-6-2-4-8-12-10;6*1-5(2,3)4(6)7;1-2-3;;;;;/h1-8H;6*1-3H3,(H,6,7);1H3;;;;1H2;/q;;;;;;;;2*+3;+2;;-2/p-5. The molecule has 360 valence electrons. The van der Waals surface area contributed by atoms with Crippen LogP contribution in [0.3, 0.4) is 0 Å². The fourth-order valence-corrected chi connectivity index (χ4v) is 1.03. The van der Waals surface area contributed by atoms with Crippen molar-refractivity contribution in [3.63, 3.8) is 0 Å². The quantitative estimate of drug-likeness (QED) is 0.274. The van der Waals surface area contributed by atoms with E-state index in [1.54, 1.807) is 143 Å². The van der Waals surface area contributed by atoms with Crippen LogP contribution in [0, 0.1) is 43.8 Å². The first-order valence-corrected chi connectivity index (χ1v) is 17.5. The molecule has 0 aliphatic carbocycles. The molecule has 0 amide bonds. The smallest absolute Gasteiger partial charge is 2.00 e. The number of carboxylic acid groups (broad SMARTS) is 6. The van der Waals surface area contributed by atoms with Crippen LogP contribution in [0.1, 0.15) is 132 Å². The number of carbonyl (C=O) groups excluding carboxylic acids is 6. The van der Waals surface area contributed by atoms with E-state index in [2.05, 4.69) is 9.97 Å². The van der Waals surface area contributed by atoms with Crippen molar-refractivity contribution < 1.29 is 121 Å². The van der Waals surface area contributed by atoms with E-state index >= 15 is 0 Å². The summed E-state index contributed by atoms with van der Waals surface area (Å²) in [5, 5.41) is 66.8. The molecule has 0 aromatic carbocycles. The summed E-state index contributed by atoms with van der Waals surface area (Å²) >= 11 is 0. The van der Waals surface area contributed by atoms with E-state index in [0.29, 0.717) is 0 Å². The molecule has 20 heteroatoms. The van der Waals surface area contributed by atoms with E-state index in [-0.39, 0.29) is 61.6 Å². The van der Waals surface area contributed by atoms with Gasteiger partial charge in [-0.05, 0) is 24.3 Å². The summed E-state index contributed by atoms with van der Waals surface area (Å²) in [6, 6.07) is 13.3. The number of nitriles is 1. The molecule has 0 atom stereocenters. The number of nitrogens with zero attached hydrogens (tertiary/aromatic N) is 3. The Morgan fingerprint density at radius 3 is 0.613 bits per heavy atom. The number of carbonyl (C=O) groups is 6. The van der Waals surface area contributed by atoms with Crippen LogP contribution in [-0.4, -0.2) is 45.8 Å². The minimum absolute atomic E-state index is 0. The molecule has 0 saturated carbocycles. The van der Waals surface area contributed by atoms with Crippen LogP contribution >= 0.6 is 0 Å². The van der Waals surface area contributed by atoms with Crippen LogP contribution in [0.5, 0.6) is 0 Å². The Morgan fingerprint density at radius 2 is 0.548 bits per heavy atom. The molecule has 0 aliphatic heterocycles. The van der Waals surface area contributed by atoms with Crippen LogP contribution in [0.25, 0.3) is 11.4 Å². The van der Waals surface area contributed by atoms with Crippen LogP contribution in [-0.2, 0) is 90.3 Å². The largest absolute Gasteiger partial charge is 3.00 e. The van der Waals surface area contributed by atoms with Gasteiger partial charge in [0.05, 0.1) is 17.5 Å². The Kier molecular flexibility index (Phi) is 54.9. The second-order valence-electron chi connectivity index (χ2n) is 17.9. The van der Waals surface area contributed by atoms with Gasteiger partial charge in [0.25, 0.3) is 0 Å². The molecule has 0 unspecified atom stereocenters. The van der Waals surface area contributed by atoms with Gasteiger partial charge in [0.15, 0.2) is 0 Å². The van der Waals surface area contributed by atoms with Crippen molar-refractivity contribution in [2.24, 2.45) is 32.5 Å². The van der Waals surface area contributed by atoms with Gasteiger partial charge in [0.1, 0.15) is 0 Å². The second-order valence-corrected chi connectivity index (χ2v) is 17.9. The monoisotopic (exact) mass is 1010 g/mol. The number of pyridine rings is 2. The molecule has 2 radical (unpaired) electrons. The molecule has 0 saturated heterocycles. The van der Waals surface area contributed by atoms with E-state index in [9.17, 15) is 59.4 Å². The number of hydrogen-bond donors (Lipinski definition) is 0. The van der Waals surface area contributed by atoms with E-state index in [0.717, 1.165) is 11.4 Å². The maximum Gasteiger partial charge on any atom is 3.00 e. The predicted octanol–water partition coefficient (Wildman–Crippen LogP) is 0.320. The van der Waals surface area contributed by atoms with Crippen molar-refractivity contribution in [3.8, 4) is 17.5 Å². The maximum absolute atomic E-state index is 9.91. The van der Waals surface area contributed by atoms with E-state index < -0.39 is 68.3 Å². The van der Waals surface area contributed by atoms with Gasteiger partial charge in [-0.1, -0.05) is 137 Å². The number of aromatic nitrogens is 2. The Labute approximate surface area is 400 Å². The van der Waals surface area contributed by atoms with Crippen LogP contribution in [0.15, 0.2) is 48.8 Å². The first-order chi connectivity index (χ1) is 25.0. The Bertz CT molecular complexity index is 1290. The van der Waals surface area contributed by atoms with Crippen molar-refractivity contribution >= 4 is 35.8 Å². The molecule has 0 spiro atoms. The minimum Gasteiger partial charge on any atom is -2.00 e. The van der Waals surface area contributed by atoms with Crippen molar-refractivity contribution in [2.45, 2.75) is 132 Å².